The van der Waals surface area contributed by atoms with Gasteiger partial charge in [-0.15, -0.1) is 0 Å². The molecule has 1 aliphatic heterocycles. The summed E-state index contributed by atoms with van der Waals surface area (Å²) in [7, 11) is -3.75. The monoisotopic (exact) mass is 354 g/mol. The average Bonchev–Trinajstić information content (AvgIpc) is 3.16. The van der Waals surface area contributed by atoms with Gasteiger partial charge in [0.1, 0.15) is 5.82 Å². The van der Waals surface area contributed by atoms with Crippen LogP contribution in [0.25, 0.3) is 0 Å². The Morgan fingerprint density at radius 2 is 2.12 bits per heavy atom. The Balaban J connectivity index is 1.59. The smallest absolute Gasteiger partial charge is 0.240 e. The minimum atomic E-state index is -3.75. The SMILES string of the molecule is CC1CCCN1Cc1nc(CNS(=O)(=O)c2ccc(F)cc2)no1. The normalized spacial score (nSPS) is 19.0. The van der Waals surface area contributed by atoms with E-state index in [9.17, 15) is 12.8 Å². The molecule has 1 aliphatic rings. The van der Waals surface area contributed by atoms with E-state index in [1.807, 2.05) is 0 Å². The molecule has 1 N–H and O–H groups in total. The van der Waals surface area contributed by atoms with Crippen LogP contribution in [0.2, 0.25) is 0 Å². The fourth-order valence-corrected chi connectivity index (χ4v) is 3.66. The minimum Gasteiger partial charge on any atom is -0.338 e. The number of halogens is 1. The first-order valence-corrected chi connectivity index (χ1v) is 9.23. The number of sulfonamides is 1. The van der Waals surface area contributed by atoms with E-state index in [2.05, 4.69) is 26.7 Å². The maximum Gasteiger partial charge on any atom is 0.240 e. The van der Waals surface area contributed by atoms with Gasteiger partial charge in [0.25, 0.3) is 0 Å². The molecule has 2 aromatic rings. The number of likely N-dealkylation sites (tertiary alicyclic amines) is 1. The Kier molecular flexibility index (Phi) is 4.93. The third-order valence-electron chi connectivity index (χ3n) is 4.08. The van der Waals surface area contributed by atoms with E-state index >= 15 is 0 Å². The first kappa shape index (κ1) is 17.0. The lowest BCUT2D eigenvalue weighted by Gasteiger charge is -2.17. The van der Waals surface area contributed by atoms with E-state index in [1.165, 1.54) is 12.1 Å². The van der Waals surface area contributed by atoms with E-state index < -0.39 is 15.8 Å². The van der Waals surface area contributed by atoms with Crippen LogP contribution in [0.15, 0.2) is 33.7 Å². The van der Waals surface area contributed by atoms with Crippen molar-refractivity contribution in [3.63, 3.8) is 0 Å². The molecule has 7 nitrogen and oxygen atoms in total. The zero-order chi connectivity index (χ0) is 17.2. The van der Waals surface area contributed by atoms with Gasteiger partial charge in [-0.2, -0.15) is 4.98 Å². The average molecular weight is 354 g/mol. The zero-order valence-corrected chi connectivity index (χ0v) is 14.1. The molecule has 1 aromatic heterocycles. The number of benzene rings is 1. The van der Waals surface area contributed by atoms with Crippen molar-refractivity contribution in [2.75, 3.05) is 6.54 Å². The molecule has 130 valence electrons. The van der Waals surface area contributed by atoms with Gasteiger partial charge >= 0.3 is 0 Å². The predicted molar refractivity (Wildman–Crippen MR) is 83.8 cm³/mol. The van der Waals surface area contributed by atoms with Crippen LogP contribution in [0.5, 0.6) is 0 Å². The topological polar surface area (TPSA) is 88.3 Å². The van der Waals surface area contributed by atoms with Crippen molar-refractivity contribution >= 4 is 10.0 Å². The molecule has 0 radical (unpaired) electrons. The predicted octanol–water partition coefficient (Wildman–Crippen LogP) is 1.67. The summed E-state index contributed by atoms with van der Waals surface area (Å²) in [5.41, 5.74) is 0. The highest BCUT2D eigenvalue weighted by molar-refractivity contribution is 7.89. The van der Waals surface area contributed by atoms with Crippen molar-refractivity contribution in [1.82, 2.24) is 19.8 Å². The van der Waals surface area contributed by atoms with Gasteiger partial charge in [-0.1, -0.05) is 5.16 Å². The summed E-state index contributed by atoms with van der Waals surface area (Å²) in [5, 5.41) is 3.79. The quantitative estimate of drug-likeness (QED) is 0.849. The maximum atomic E-state index is 12.9. The Hall–Kier alpha value is -1.84. The number of aromatic nitrogens is 2. The molecule has 1 unspecified atom stereocenters. The van der Waals surface area contributed by atoms with E-state index in [4.69, 9.17) is 4.52 Å². The zero-order valence-electron chi connectivity index (χ0n) is 13.3. The second kappa shape index (κ2) is 6.96. The number of hydrogen-bond acceptors (Lipinski definition) is 6. The van der Waals surface area contributed by atoms with E-state index in [-0.39, 0.29) is 17.3 Å². The molecule has 1 aromatic carbocycles. The fourth-order valence-electron chi connectivity index (χ4n) is 2.68. The summed E-state index contributed by atoms with van der Waals surface area (Å²) in [4.78, 5) is 6.45. The Labute approximate surface area is 139 Å². The first-order valence-electron chi connectivity index (χ1n) is 7.75. The van der Waals surface area contributed by atoms with Crippen LogP contribution in [0.1, 0.15) is 31.5 Å². The number of nitrogens with zero attached hydrogens (tertiary/aromatic N) is 3. The van der Waals surface area contributed by atoms with Crippen LogP contribution in [-0.4, -0.2) is 36.0 Å². The summed E-state index contributed by atoms with van der Waals surface area (Å²) >= 11 is 0. The molecule has 1 atom stereocenters. The van der Waals surface area contributed by atoms with E-state index in [1.54, 1.807) is 0 Å². The second-order valence-corrected chi connectivity index (χ2v) is 7.61. The van der Waals surface area contributed by atoms with Crippen molar-refractivity contribution in [1.29, 1.82) is 0 Å². The molecule has 0 spiro atoms. The molecule has 0 amide bonds. The molecular weight excluding hydrogens is 335 g/mol. The van der Waals surface area contributed by atoms with Gasteiger partial charge in [0.15, 0.2) is 5.82 Å². The van der Waals surface area contributed by atoms with Gasteiger partial charge in [-0.25, -0.2) is 17.5 Å². The van der Waals surface area contributed by atoms with E-state index in [0.717, 1.165) is 31.5 Å². The number of hydrogen-bond donors (Lipinski definition) is 1. The third kappa shape index (κ3) is 3.97. The molecule has 2 heterocycles. The Morgan fingerprint density at radius 3 is 2.79 bits per heavy atom. The highest BCUT2D eigenvalue weighted by Crippen LogP contribution is 2.18. The van der Waals surface area contributed by atoms with Crippen LogP contribution in [0.4, 0.5) is 4.39 Å². The van der Waals surface area contributed by atoms with Crippen LogP contribution in [0.3, 0.4) is 0 Å². The molecular formula is C15H19FN4O3S. The Morgan fingerprint density at radius 1 is 1.38 bits per heavy atom. The molecule has 1 fully saturated rings. The van der Waals surface area contributed by atoms with Gasteiger partial charge in [0.2, 0.25) is 15.9 Å². The third-order valence-corrected chi connectivity index (χ3v) is 5.50. The summed E-state index contributed by atoms with van der Waals surface area (Å²) in [5.74, 6) is 0.246. The minimum absolute atomic E-state index is 0.0153. The fraction of sp³-hybridized carbons (Fsp3) is 0.467. The summed E-state index contributed by atoms with van der Waals surface area (Å²) in [6.07, 6.45) is 2.30. The molecule has 9 heteroatoms. The van der Waals surface area contributed by atoms with Crippen LogP contribution < -0.4 is 4.72 Å². The molecule has 0 aliphatic carbocycles. The van der Waals surface area contributed by atoms with Crippen molar-refractivity contribution in [3.8, 4) is 0 Å². The molecule has 3 rings (SSSR count). The van der Waals surface area contributed by atoms with Crippen LogP contribution in [0, 0.1) is 5.82 Å². The highest BCUT2D eigenvalue weighted by atomic mass is 32.2. The van der Waals surface area contributed by atoms with Crippen molar-refractivity contribution in [2.45, 2.75) is 43.8 Å². The van der Waals surface area contributed by atoms with Gasteiger partial charge in [0.05, 0.1) is 18.0 Å². The van der Waals surface area contributed by atoms with Crippen LogP contribution >= 0.6 is 0 Å². The van der Waals surface area contributed by atoms with E-state index in [0.29, 0.717) is 18.5 Å². The van der Waals surface area contributed by atoms with Gasteiger partial charge in [-0.3, -0.25) is 4.90 Å². The molecule has 0 bridgehead atoms. The summed E-state index contributed by atoms with van der Waals surface area (Å²) in [6.45, 7) is 3.63. The lowest BCUT2D eigenvalue weighted by atomic mass is 10.2. The Bertz CT molecular complexity index is 791. The van der Waals surface area contributed by atoms with Crippen molar-refractivity contribution < 1.29 is 17.3 Å². The number of nitrogens with one attached hydrogen (secondary N) is 1. The maximum absolute atomic E-state index is 12.9. The molecule has 1 saturated heterocycles. The second-order valence-electron chi connectivity index (χ2n) is 5.84. The summed E-state index contributed by atoms with van der Waals surface area (Å²) in [6, 6.07) is 5.08. The molecule has 0 saturated carbocycles. The van der Waals surface area contributed by atoms with Gasteiger partial charge < -0.3 is 4.52 Å². The lowest BCUT2D eigenvalue weighted by molar-refractivity contribution is 0.221. The molecule has 24 heavy (non-hydrogen) atoms. The standard InChI is InChI=1S/C15H19FN4O3S/c1-11-3-2-8-20(11)10-15-18-14(19-23-15)9-17-24(21,22)13-6-4-12(16)5-7-13/h4-7,11,17H,2-3,8-10H2,1H3. The number of rotatable bonds is 6. The first-order chi connectivity index (χ1) is 11.4. The highest BCUT2D eigenvalue weighted by Gasteiger charge is 2.22. The summed E-state index contributed by atoms with van der Waals surface area (Å²) < 4.78 is 44.7. The lowest BCUT2D eigenvalue weighted by Crippen LogP contribution is -2.26. The van der Waals surface area contributed by atoms with Crippen molar-refractivity contribution in [2.24, 2.45) is 0 Å². The van der Waals surface area contributed by atoms with Gasteiger partial charge in [0, 0.05) is 6.04 Å². The van der Waals surface area contributed by atoms with Gasteiger partial charge in [-0.05, 0) is 50.6 Å². The van der Waals surface area contributed by atoms with Crippen molar-refractivity contribution in [3.05, 3.63) is 41.8 Å². The largest absolute Gasteiger partial charge is 0.338 e. The van der Waals surface area contributed by atoms with Crippen LogP contribution in [-0.2, 0) is 23.1 Å².